The second-order valence-electron chi connectivity index (χ2n) is 3.96. The highest BCUT2D eigenvalue weighted by atomic mass is 16.2. The summed E-state index contributed by atoms with van der Waals surface area (Å²) in [5.74, 6) is -0.373. The van der Waals surface area contributed by atoms with Crippen LogP contribution in [0, 0.1) is 0 Å². The molecular weight excluding hydrogens is 258 g/mol. The van der Waals surface area contributed by atoms with E-state index < -0.39 is 11.6 Å². The van der Waals surface area contributed by atoms with Crippen molar-refractivity contribution in [1.82, 2.24) is 19.9 Å². The van der Waals surface area contributed by atoms with Gasteiger partial charge in [-0.2, -0.15) is 4.98 Å². The van der Waals surface area contributed by atoms with Gasteiger partial charge in [0.2, 0.25) is 5.95 Å². The molecule has 0 unspecified atom stereocenters. The lowest BCUT2D eigenvalue weighted by Crippen LogP contribution is -2.21. The predicted octanol–water partition coefficient (Wildman–Crippen LogP) is 0.965. The number of hydrogen-bond donors (Lipinski definition) is 2. The minimum Gasteiger partial charge on any atom is -0.305 e. The lowest BCUT2D eigenvalue weighted by molar-refractivity contribution is 0.102. The van der Waals surface area contributed by atoms with Crippen LogP contribution >= 0.6 is 0 Å². The van der Waals surface area contributed by atoms with Crippen molar-refractivity contribution in [2.45, 2.75) is 0 Å². The average molecular weight is 267 g/mol. The van der Waals surface area contributed by atoms with Crippen molar-refractivity contribution in [3.63, 3.8) is 0 Å². The van der Waals surface area contributed by atoms with Crippen molar-refractivity contribution in [2.24, 2.45) is 0 Å². The highest BCUT2D eigenvalue weighted by Gasteiger charge is 2.14. The van der Waals surface area contributed by atoms with E-state index >= 15 is 0 Å². The fourth-order valence-corrected chi connectivity index (χ4v) is 1.80. The van der Waals surface area contributed by atoms with Gasteiger partial charge < -0.3 is 4.98 Å². The molecule has 0 aliphatic heterocycles. The topological polar surface area (TPSA) is 101 Å². The monoisotopic (exact) mass is 267 g/mol. The summed E-state index contributed by atoms with van der Waals surface area (Å²) in [6.45, 7) is 0. The zero-order chi connectivity index (χ0) is 13.9. The van der Waals surface area contributed by atoms with E-state index in [0.717, 1.165) is 0 Å². The first-order valence-electron chi connectivity index (χ1n) is 5.81. The highest BCUT2D eigenvalue weighted by Crippen LogP contribution is 2.13. The van der Waals surface area contributed by atoms with Gasteiger partial charge in [0, 0.05) is 17.8 Å². The van der Waals surface area contributed by atoms with Crippen molar-refractivity contribution >= 4 is 22.8 Å². The molecule has 0 atom stereocenters. The van der Waals surface area contributed by atoms with Gasteiger partial charge >= 0.3 is 5.69 Å². The molecule has 2 aromatic heterocycles. The second-order valence-corrected chi connectivity index (χ2v) is 3.96. The second kappa shape index (κ2) is 4.88. The summed E-state index contributed by atoms with van der Waals surface area (Å²) in [4.78, 5) is 37.7. The SMILES string of the molecule is O=C(Nc1ncccn1)c1nc(=O)[nH]c2ccccc12. The summed E-state index contributed by atoms with van der Waals surface area (Å²) in [6.07, 6.45) is 3.01. The molecule has 0 aliphatic carbocycles. The van der Waals surface area contributed by atoms with Crippen molar-refractivity contribution < 1.29 is 4.79 Å². The summed E-state index contributed by atoms with van der Waals surface area (Å²) in [7, 11) is 0. The highest BCUT2D eigenvalue weighted by molar-refractivity contribution is 6.10. The zero-order valence-corrected chi connectivity index (χ0v) is 10.2. The Hall–Kier alpha value is -3.09. The number of carbonyl (C=O) groups excluding carboxylic acids is 1. The molecule has 0 saturated heterocycles. The largest absolute Gasteiger partial charge is 0.346 e. The van der Waals surface area contributed by atoms with Crippen LogP contribution in [0.25, 0.3) is 10.9 Å². The van der Waals surface area contributed by atoms with E-state index in [0.29, 0.717) is 10.9 Å². The molecule has 2 heterocycles. The lowest BCUT2D eigenvalue weighted by atomic mass is 10.2. The van der Waals surface area contributed by atoms with Crippen molar-refractivity contribution in [2.75, 3.05) is 5.32 Å². The number of aromatic nitrogens is 4. The molecule has 20 heavy (non-hydrogen) atoms. The smallest absolute Gasteiger partial charge is 0.305 e. The number of benzene rings is 1. The molecule has 1 aromatic carbocycles. The quantitative estimate of drug-likeness (QED) is 0.720. The third-order valence-electron chi connectivity index (χ3n) is 2.64. The molecule has 3 aromatic rings. The molecule has 3 rings (SSSR count). The molecule has 0 spiro atoms. The number of fused-ring (bicyclic) bond motifs is 1. The minimum absolute atomic E-state index is 0.0387. The number of anilines is 1. The van der Waals surface area contributed by atoms with Crippen molar-refractivity contribution in [1.29, 1.82) is 0 Å². The fraction of sp³-hybridized carbons (Fsp3) is 0. The summed E-state index contributed by atoms with van der Waals surface area (Å²) in [5, 5.41) is 3.06. The van der Waals surface area contributed by atoms with Gasteiger partial charge in [-0.15, -0.1) is 0 Å². The molecule has 1 amide bonds. The molecule has 0 aliphatic rings. The van der Waals surface area contributed by atoms with Crippen LogP contribution in [0.5, 0.6) is 0 Å². The number of H-pyrrole nitrogens is 1. The standard InChI is InChI=1S/C13H9N5O2/c19-11(18-12-14-6-3-7-15-12)10-8-4-1-2-5-9(8)16-13(20)17-10/h1-7H,(H,16,17,20)(H,14,15,18,19). The fourth-order valence-electron chi connectivity index (χ4n) is 1.80. The Morgan fingerprint density at radius 2 is 1.85 bits per heavy atom. The van der Waals surface area contributed by atoms with E-state index in [1.54, 1.807) is 30.3 Å². The summed E-state index contributed by atoms with van der Waals surface area (Å²) in [5.41, 5.74) is 0.00580. The predicted molar refractivity (Wildman–Crippen MR) is 72.3 cm³/mol. The zero-order valence-electron chi connectivity index (χ0n) is 10.2. The van der Waals surface area contributed by atoms with Crippen LogP contribution in [-0.2, 0) is 0 Å². The summed E-state index contributed by atoms with van der Waals surface area (Å²) < 4.78 is 0. The van der Waals surface area contributed by atoms with Gasteiger partial charge in [-0.3, -0.25) is 10.1 Å². The number of carbonyl (C=O) groups is 1. The molecule has 2 N–H and O–H groups in total. The maximum atomic E-state index is 12.2. The average Bonchev–Trinajstić information content (AvgIpc) is 2.47. The molecule has 0 radical (unpaired) electrons. The third-order valence-corrected chi connectivity index (χ3v) is 2.64. The van der Waals surface area contributed by atoms with E-state index in [9.17, 15) is 9.59 Å². The van der Waals surface area contributed by atoms with E-state index in [-0.39, 0.29) is 11.6 Å². The van der Waals surface area contributed by atoms with E-state index in [2.05, 4.69) is 25.3 Å². The third kappa shape index (κ3) is 2.24. The number of hydrogen-bond acceptors (Lipinski definition) is 5. The Bertz CT molecular complexity index is 829. The molecule has 0 saturated carbocycles. The van der Waals surface area contributed by atoms with Crippen LogP contribution in [0.4, 0.5) is 5.95 Å². The number of amides is 1. The molecule has 7 nitrogen and oxygen atoms in total. The van der Waals surface area contributed by atoms with E-state index in [1.807, 2.05) is 0 Å². The van der Waals surface area contributed by atoms with Gasteiger partial charge in [-0.25, -0.2) is 14.8 Å². The molecule has 0 bridgehead atoms. The number of nitrogens with zero attached hydrogens (tertiary/aromatic N) is 3. The lowest BCUT2D eigenvalue weighted by Gasteiger charge is -2.05. The van der Waals surface area contributed by atoms with Crippen LogP contribution in [0.1, 0.15) is 10.5 Å². The molecule has 98 valence electrons. The maximum Gasteiger partial charge on any atom is 0.346 e. The number of aromatic amines is 1. The summed E-state index contributed by atoms with van der Waals surface area (Å²) >= 11 is 0. The Kier molecular flexibility index (Phi) is 2.92. The first kappa shape index (κ1) is 12.0. The number of para-hydroxylation sites is 1. The van der Waals surface area contributed by atoms with Crippen LogP contribution < -0.4 is 11.0 Å². The molecule has 0 fully saturated rings. The van der Waals surface area contributed by atoms with Gasteiger partial charge in [0.1, 0.15) is 5.69 Å². The van der Waals surface area contributed by atoms with Crippen LogP contribution in [-0.4, -0.2) is 25.8 Å². The summed E-state index contributed by atoms with van der Waals surface area (Å²) in [6, 6.07) is 8.57. The van der Waals surface area contributed by atoms with Gasteiger partial charge in [0.05, 0.1) is 5.52 Å². The molecular formula is C13H9N5O2. The first-order chi connectivity index (χ1) is 9.74. The van der Waals surface area contributed by atoms with Gasteiger partial charge in [0.25, 0.3) is 5.91 Å². The number of rotatable bonds is 2. The maximum absolute atomic E-state index is 12.2. The van der Waals surface area contributed by atoms with Gasteiger partial charge in [-0.1, -0.05) is 18.2 Å². The Morgan fingerprint density at radius 3 is 2.65 bits per heavy atom. The Balaban J connectivity index is 2.05. The van der Waals surface area contributed by atoms with Crippen LogP contribution in [0.2, 0.25) is 0 Å². The van der Waals surface area contributed by atoms with Crippen molar-refractivity contribution in [3.8, 4) is 0 Å². The Morgan fingerprint density at radius 1 is 1.10 bits per heavy atom. The van der Waals surface area contributed by atoms with Crippen LogP contribution in [0.3, 0.4) is 0 Å². The minimum atomic E-state index is -0.581. The number of nitrogens with one attached hydrogen (secondary N) is 2. The van der Waals surface area contributed by atoms with Crippen molar-refractivity contribution in [3.05, 3.63) is 58.9 Å². The van der Waals surface area contributed by atoms with Crippen LogP contribution in [0.15, 0.2) is 47.5 Å². The first-order valence-corrected chi connectivity index (χ1v) is 5.81. The normalized spacial score (nSPS) is 10.4. The van der Waals surface area contributed by atoms with Gasteiger partial charge in [0.15, 0.2) is 0 Å². The Labute approximate surface area is 112 Å². The van der Waals surface area contributed by atoms with Gasteiger partial charge in [-0.05, 0) is 12.1 Å². The molecule has 7 heteroatoms. The van der Waals surface area contributed by atoms with E-state index in [4.69, 9.17) is 0 Å². The van der Waals surface area contributed by atoms with E-state index in [1.165, 1.54) is 12.4 Å².